The number of nitrogens with zero attached hydrogens (tertiary/aromatic N) is 1. The van der Waals surface area contributed by atoms with Gasteiger partial charge in [-0.1, -0.05) is 36.4 Å². The summed E-state index contributed by atoms with van der Waals surface area (Å²) in [5, 5.41) is 19.4. The first-order valence-corrected chi connectivity index (χ1v) is 8.54. The van der Waals surface area contributed by atoms with E-state index in [1.54, 1.807) is 0 Å². The van der Waals surface area contributed by atoms with Crippen LogP contribution in [0.2, 0.25) is 0 Å². The lowest BCUT2D eigenvalue weighted by Crippen LogP contribution is -2.62. The molecule has 2 rings (SSSR count). The molecular weight excluding hydrogens is 384 g/mol. The van der Waals surface area contributed by atoms with Crippen molar-refractivity contribution in [2.45, 2.75) is 35.5 Å². The van der Waals surface area contributed by atoms with E-state index >= 15 is 0 Å². The lowest BCUT2D eigenvalue weighted by molar-refractivity contribution is -0.208. The Morgan fingerprint density at radius 3 is 2.33 bits per heavy atom. The van der Waals surface area contributed by atoms with Crippen molar-refractivity contribution < 1.29 is 27.5 Å². The minimum Gasteiger partial charge on any atom is -0.378 e. The van der Waals surface area contributed by atoms with E-state index in [1.807, 2.05) is 0 Å². The number of aliphatic hydroxyl groups is 1. The van der Waals surface area contributed by atoms with Crippen LogP contribution >= 0.6 is 11.8 Å². The molecule has 0 saturated carbocycles. The molecule has 1 amide bonds. The van der Waals surface area contributed by atoms with Gasteiger partial charge in [-0.05, 0) is 24.6 Å². The molecule has 1 aromatic rings. The van der Waals surface area contributed by atoms with Gasteiger partial charge in [0.05, 0.1) is 0 Å². The highest BCUT2D eigenvalue weighted by Gasteiger charge is 2.69. The summed E-state index contributed by atoms with van der Waals surface area (Å²) in [4.78, 5) is 11.7. The number of nitriles is 1. The molecule has 3 atom stereocenters. The summed E-state index contributed by atoms with van der Waals surface area (Å²) in [7, 11) is 0. The van der Waals surface area contributed by atoms with Gasteiger partial charge in [0.25, 0.3) is 5.91 Å². The minimum absolute atomic E-state index is 0.0544. The summed E-state index contributed by atoms with van der Waals surface area (Å²) in [5.74, 6) is -1.56. The summed E-state index contributed by atoms with van der Waals surface area (Å²) in [6.45, 7) is 0.699. The van der Waals surface area contributed by atoms with Gasteiger partial charge in [0.1, 0.15) is 6.07 Å². The standard InChI is InChI=1S/C18H16F4N2O2S/c1-15(26,14(24)25)17(18(20,21)22,12-5-3-2-4-6-12)27-13-7-9-16(19,11-23)10-8-13/h2-9,26H,10H2,1H3,(H2,24,25). The molecule has 0 fully saturated rings. The summed E-state index contributed by atoms with van der Waals surface area (Å²) in [6, 6.07) is 7.82. The maximum Gasteiger partial charge on any atom is 0.410 e. The number of benzene rings is 1. The fourth-order valence-corrected chi connectivity index (χ4v) is 4.04. The van der Waals surface area contributed by atoms with Gasteiger partial charge in [0.2, 0.25) is 5.67 Å². The third-order valence-corrected chi connectivity index (χ3v) is 6.02. The van der Waals surface area contributed by atoms with Gasteiger partial charge in [-0.3, -0.25) is 4.79 Å². The van der Waals surface area contributed by atoms with E-state index in [1.165, 1.54) is 24.3 Å². The molecule has 1 aromatic carbocycles. The Bertz CT molecular complexity index is 830. The molecule has 4 nitrogen and oxygen atoms in total. The highest BCUT2D eigenvalue weighted by atomic mass is 32.2. The van der Waals surface area contributed by atoms with Crippen LogP contribution in [0.3, 0.4) is 0 Å². The van der Waals surface area contributed by atoms with Gasteiger partial charge in [0.15, 0.2) is 10.3 Å². The molecule has 1 aliphatic carbocycles. The molecule has 144 valence electrons. The normalized spacial score (nSPS) is 24.3. The highest BCUT2D eigenvalue weighted by molar-refractivity contribution is 8.04. The van der Waals surface area contributed by atoms with E-state index in [0.717, 1.165) is 30.4 Å². The topological polar surface area (TPSA) is 87.1 Å². The first-order valence-electron chi connectivity index (χ1n) is 7.73. The third kappa shape index (κ3) is 3.59. The number of halogens is 4. The molecule has 0 bridgehead atoms. The first-order chi connectivity index (χ1) is 12.4. The van der Waals surface area contributed by atoms with Crippen molar-refractivity contribution in [1.29, 1.82) is 5.26 Å². The van der Waals surface area contributed by atoms with E-state index in [0.29, 0.717) is 6.92 Å². The zero-order chi connectivity index (χ0) is 20.5. The van der Waals surface area contributed by atoms with Crippen molar-refractivity contribution >= 4 is 17.7 Å². The zero-order valence-corrected chi connectivity index (χ0v) is 14.9. The number of carbonyl (C=O) groups excluding carboxylic acids is 1. The van der Waals surface area contributed by atoms with Crippen LogP contribution < -0.4 is 5.73 Å². The van der Waals surface area contributed by atoms with Crippen LogP contribution in [-0.4, -0.2) is 28.5 Å². The number of allylic oxidation sites excluding steroid dienone is 3. The van der Waals surface area contributed by atoms with Crippen LogP contribution in [0, 0.1) is 11.3 Å². The van der Waals surface area contributed by atoms with Gasteiger partial charge in [-0.25, -0.2) is 4.39 Å². The molecule has 0 spiro atoms. The average Bonchev–Trinajstić information content (AvgIpc) is 2.60. The smallest absolute Gasteiger partial charge is 0.378 e. The maximum absolute atomic E-state index is 14.3. The largest absolute Gasteiger partial charge is 0.410 e. The van der Waals surface area contributed by atoms with E-state index in [2.05, 4.69) is 0 Å². The van der Waals surface area contributed by atoms with Crippen molar-refractivity contribution in [1.82, 2.24) is 0 Å². The number of thioether (sulfide) groups is 1. The molecule has 3 N–H and O–H groups in total. The van der Waals surface area contributed by atoms with Crippen molar-refractivity contribution in [3.8, 4) is 6.07 Å². The second kappa shape index (κ2) is 7.02. The number of hydrogen-bond donors (Lipinski definition) is 2. The second-order valence-electron chi connectivity index (χ2n) is 6.20. The van der Waals surface area contributed by atoms with Gasteiger partial charge in [0, 0.05) is 11.3 Å². The van der Waals surface area contributed by atoms with E-state index in [9.17, 15) is 27.5 Å². The summed E-state index contributed by atoms with van der Waals surface area (Å²) in [5.41, 5.74) is -0.611. The second-order valence-corrected chi connectivity index (χ2v) is 7.49. The molecule has 0 heterocycles. The quantitative estimate of drug-likeness (QED) is 0.741. The van der Waals surface area contributed by atoms with E-state index in [-0.39, 0.29) is 16.7 Å². The molecule has 27 heavy (non-hydrogen) atoms. The molecule has 1 aliphatic rings. The predicted molar refractivity (Wildman–Crippen MR) is 92.9 cm³/mol. The van der Waals surface area contributed by atoms with Gasteiger partial charge in [-0.2, -0.15) is 18.4 Å². The number of rotatable bonds is 5. The Labute approximate surface area is 157 Å². The van der Waals surface area contributed by atoms with Gasteiger partial charge < -0.3 is 10.8 Å². The fraction of sp³-hybridized carbons (Fsp3) is 0.333. The number of alkyl halides is 4. The minimum atomic E-state index is -5.11. The van der Waals surface area contributed by atoms with Crippen LogP contribution in [0.15, 0.2) is 53.5 Å². The molecule has 3 unspecified atom stereocenters. The predicted octanol–water partition coefficient (Wildman–Crippen LogP) is 3.49. The van der Waals surface area contributed by atoms with Crippen LogP contribution in [-0.2, 0) is 9.54 Å². The maximum atomic E-state index is 14.3. The highest BCUT2D eigenvalue weighted by Crippen LogP contribution is 2.58. The van der Waals surface area contributed by atoms with Gasteiger partial charge in [-0.15, -0.1) is 11.8 Å². The lowest BCUT2D eigenvalue weighted by Gasteiger charge is -2.44. The van der Waals surface area contributed by atoms with E-state index < -0.39 is 40.1 Å². The first kappa shape index (κ1) is 21.0. The molecule has 0 saturated heterocycles. The zero-order valence-electron chi connectivity index (χ0n) is 14.1. The number of hydrogen-bond acceptors (Lipinski definition) is 4. The average molecular weight is 400 g/mol. The molecule has 0 aliphatic heterocycles. The SMILES string of the molecule is CC(O)(C(N)=O)C(SC1=CCC(F)(C#N)C=C1)(c1ccccc1)C(F)(F)F. The monoisotopic (exact) mass is 400 g/mol. The number of nitrogens with two attached hydrogens (primary N) is 1. The number of carbonyl (C=O) groups is 1. The van der Waals surface area contributed by atoms with E-state index in [4.69, 9.17) is 11.0 Å². The molecule has 0 radical (unpaired) electrons. The van der Waals surface area contributed by atoms with Gasteiger partial charge >= 0.3 is 6.18 Å². The number of primary amides is 1. The Hall–Kier alpha value is -2.31. The lowest BCUT2D eigenvalue weighted by atomic mass is 9.81. The third-order valence-electron chi connectivity index (χ3n) is 4.31. The Morgan fingerprint density at radius 2 is 1.93 bits per heavy atom. The van der Waals surface area contributed by atoms with Crippen LogP contribution in [0.25, 0.3) is 0 Å². The van der Waals surface area contributed by atoms with Crippen molar-refractivity contribution in [2.75, 3.05) is 0 Å². The fourth-order valence-electron chi connectivity index (χ4n) is 2.72. The molecular formula is C18H16F4N2O2S. The molecule has 9 heteroatoms. The molecule has 0 aromatic heterocycles. The summed E-state index contributed by atoms with van der Waals surface area (Å²) < 4.78 is 53.8. The summed E-state index contributed by atoms with van der Waals surface area (Å²) in [6.07, 6.45) is -2.57. The Kier molecular flexibility index (Phi) is 5.46. The number of amides is 1. The van der Waals surface area contributed by atoms with Crippen molar-refractivity contribution in [2.24, 2.45) is 5.73 Å². The van der Waals surface area contributed by atoms with Crippen molar-refractivity contribution in [3.05, 3.63) is 59.0 Å². The van der Waals surface area contributed by atoms with Crippen molar-refractivity contribution in [3.63, 3.8) is 0 Å². The Morgan fingerprint density at radius 1 is 1.33 bits per heavy atom. The van der Waals surface area contributed by atoms with Crippen LogP contribution in [0.4, 0.5) is 17.6 Å². The van der Waals surface area contributed by atoms with Crippen LogP contribution in [0.1, 0.15) is 18.9 Å². The summed E-state index contributed by atoms with van der Waals surface area (Å²) >= 11 is 0.142. The van der Waals surface area contributed by atoms with Crippen LogP contribution in [0.5, 0.6) is 0 Å². The Balaban J connectivity index is 2.66.